The number of hydrogen-bond acceptors (Lipinski definition) is 8. The fourth-order valence-electron chi connectivity index (χ4n) is 4.98. The number of rotatable bonds is 6. The van der Waals surface area contributed by atoms with Crippen LogP contribution in [-0.2, 0) is 10.1 Å². The third-order valence-electron chi connectivity index (χ3n) is 6.75. The molecular formula is C26H25NO7S. The summed E-state index contributed by atoms with van der Waals surface area (Å²) in [5.41, 5.74) is 0.806. The van der Waals surface area contributed by atoms with Gasteiger partial charge in [-0.05, 0) is 37.1 Å². The van der Waals surface area contributed by atoms with Crippen molar-refractivity contribution >= 4 is 32.6 Å². The molecule has 0 amide bonds. The van der Waals surface area contributed by atoms with Gasteiger partial charge in [-0.25, -0.2) is 4.98 Å². The summed E-state index contributed by atoms with van der Waals surface area (Å²) in [5, 5.41) is 0.0813. The zero-order valence-corrected chi connectivity index (χ0v) is 20.3. The maximum absolute atomic E-state index is 13.4. The van der Waals surface area contributed by atoms with Crippen LogP contribution < -0.4 is 13.7 Å². The lowest BCUT2D eigenvalue weighted by Crippen LogP contribution is -2.28. The molecule has 0 aliphatic heterocycles. The van der Waals surface area contributed by atoms with Gasteiger partial charge in [0.1, 0.15) is 22.9 Å². The molecular weight excluding hydrogens is 470 g/mol. The number of benzene rings is 2. The van der Waals surface area contributed by atoms with Crippen molar-refractivity contribution in [3.63, 3.8) is 0 Å². The van der Waals surface area contributed by atoms with Crippen molar-refractivity contribution in [2.24, 2.45) is 0 Å². The molecule has 1 heterocycles. The lowest BCUT2D eigenvalue weighted by molar-refractivity contribution is 0.0886. The molecule has 2 aliphatic rings. The number of carbonyl (C=O) groups is 2. The Hall–Kier alpha value is -3.46. The standard InChI is InChI=1S/C26H25NO7S/c1-32-18-13-14-19(33-2)23-22(18)25(28)21(26(23)29)17-12-11-15-7-6-10-20(24(15)27-17)34-35(30,31)16-8-4-3-5-9-16/h6-7,10-14,16,21H,3-5,8-9H2,1-2H3. The maximum Gasteiger partial charge on any atom is 0.312 e. The van der Waals surface area contributed by atoms with Crippen molar-refractivity contribution in [3.8, 4) is 17.2 Å². The Bertz CT molecular complexity index is 1400. The van der Waals surface area contributed by atoms with E-state index >= 15 is 0 Å². The number of ether oxygens (including phenoxy) is 2. The van der Waals surface area contributed by atoms with Crippen molar-refractivity contribution < 1.29 is 31.7 Å². The Labute approximate surface area is 203 Å². The van der Waals surface area contributed by atoms with Crippen molar-refractivity contribution in [3.05, 3.63) is 59.3 Å². The van der Waals surface area contributed by atoms with E-state index in [4.69, 9.17) is 13.7 Å². The van der Waals surface area contributed by atoms with Crippen LogP contribution in [0.15, 0.2) is 42.5 Å². The second-order valence-corrected chi connectivity index (χ2v) is 10.6. The van der Waals surface area contributed by atoms with Gasteiger partial charge in [-0.15, -0.1) is 0 Å². The first-order valence-corrected chi connectivity index (χ1v) is 13.0. The van der Waals surface area contributed by atoms with Gasteiger partial charge in [0.05, 0.1) is 36.3 Å². The second kappa shape index (κ2) is 8.96. The van der Waals surface area contributed by atoms with Gasteiger partial charge in [-0.1, -0.05) is 37.5 Å². The van der Waals surface area contributed by atoms with Crippen molar-refractivity contribution in [1.29, 1.82) is 0 Å². The number of carbonyl (C=O) groups excluding carboxylic acids is 2. The third kappa shape index (κ3) is 3.93. The zero-order chi connectivity index (χ0) is 24.7. The van der Waals surface area contributed by atoms with E-state index in [1.165, 1.54) is 14.2 Å². The molecule has 0 unspecified atom stereocenters. The summed E-state index contributed by atoms with van der Waals surface area (Å²) in [5.74, 6) is -1.43. The van der Waals surface area contributed by atoms with Crippen molar-refractivity contribution in [1.82, 2.24) is 4.98 Å². The van der Waals surface area contributed by atoms with Crippen LogP contribution in [0.25, 0.3) is 10.9 Å². The predicted molar refractivity (Wildman–Crippen MR) is 129 cm³/mol. The molecule has 182 valence electrons. The van der Waals surface area contributed by atoms with Gasteiger partial charge in [0.2, 0.25) is 0 Å². The summed E-state index contributed by atoms with van der Waals surface area (Å²) >= 11 is 0. The highest BCUT2D eigenvalue weighted by Gasteiger charge is 2.45. The largest absolute Gasteiger partial charge is 0.496 e. The van der Waals surface area contributed by atoms with Gasteiger partial charge >= 0.3 is 10.1 Å². The molecule has 0 saturated heterocycles. The zero-order valence-electron chi connectivity index (χ0n) is 19.4. The van der Waals surface area contributed by atoms with Gasteiger partial charge in [-0.2, -0.15) is 8.42 Å². The molecule has 1 aromatic heterocycles. The Kier molecular flexibility index (Phi) is 5.96. The second-order valence-electron chi connectivity index (χ2n) is 8.78. The minimum Gasteiger partial charge on any atom is -0.496 e. The van der Waals surface area contributed by atoms with Gasteiger partial charge in [-0.3, -0.25) is 9.59 Å². The Morgan fingerprint density at radius 3 is 2.03 bits per heavy atom. The number of hydrogen-bond donors (Lipinski definition) is 0. The summed E-state index contributed by atoms with van der Waals surface area (Å²) < 4.78 is 42.1. The predicted octanol–water partition coefficient (Wildman–Crippen LogP) is 4.46. The maximum atomic E-state index is 13.4. The molecule has 2 aromatic carbocycles. The van der Waals surface area contributed by atoms with Gasteiger partial charge in [0.15, 0.2) is 17.3 Å². The lowest BCUT2D eigenvalue weighted by atomic mass is 9.98. The molecule has 0 spiro atoms. The van der Waals surface area contributed by atoms with Crippen LogP contribution in [0.2, 0.25) is 0 Å². The number of methoxy groups -OCH3 is 2. The number of nitrogens with zero attached hydrogens (tertiary/aromatic N) is 1. The molecule has 35 heavy (non-hydrogen) atoms. The molecule has 2 aliphatic carbocycles. The van der Waals surface area contributed by atoms with E-state index < -0.39 is 32.9 Å². The van der Waals surface area contributed by atoms with Crippen LogP contribution >= 0.6 is 0 Å². The first kappa shape index (κ1) is 23.3. The fraction of sp³-hybridized carbons (Fsp3) is 0.346. The van der Waals surface area contributed by atoms with Crippen molar-refractivity contribution in [2.75, 3.05) is 14.2 Å². The van der Waals surface area contributed by atoms with E-state index in [-0.39, 0.29) is 39.6 Å². The number of fused-ring (bicyclic) bond motifs is 2. The molecule has 1 saturated carbocycles. The minimum atomic E-state index is -3.85. The molecule has 5 rings (SSSR count). The topological polar surface area (TPSA) is 109 Å². The normalized spacial score (nSPS) is 17.0. The summed E-state index contributed by atoms with van der Waals surface area (Å²) in [4.78, 5) is 31.3. The average molecular weight is 496 g/mol. The number of pyridine rings is 1. The van der Waals surface area contributed by atoms with E-state index in [1.54, 1.807) is 42.5 Å². The molecule has 0 bridgehead atoms. The van der Waals surface area contributed by atoms with Gasteiger partial charge < -0.3 is 13.7 Å². The summed E-state index contributed by atoms with van der Waals surface area (Å²) in [7, 11) is -0.993. The number of ketones is 2. The first-order valence-electron chi connectivity index (χ1n) is 11.5. The van der Waals surface area contributed by atoms with Crippen molar-refractivity contribution in [2.45, 2.75) is 43.3 Å². The van der Waals surface area contributed by atoms with E-state index in [1.807, 2.05) is 0 Å². The van der Waals surface area contributed by atoms with Crippen LogP contribution in [0.3, 0.4) is 0 Å². The summed E-state index contributed by atoms with van der Waals surface area (Å²) in [6.07, 6.45) is 3.86. The lowest BCUT2D eigenvalue weighted by Gasteiger charge is -2.21. The van der Waals surface area contributed by atoms with E-state index in [0.29, 0.717) is 18.2 Å². The highest BCUT2D eigenvalue weighted by molar-refractivity contribution is 7.87. The summed E-state index contributed by atoms with van der Waals surface area (Å²) in [6, 6.07) is 11.5. The van der Waals surface area contributed by atoms with E-state index in [2.05, 4.69) is 4.98 Å². The SMILES string of the molecule is COc1ccc(OC)c2c1C(=O)C(c1ccc3cccc(OS(=O)(=O)C4CCCCC4)c3n1)C2=O. The molecule has 8 nitrogen and oxygen atoms in total. The molecule has 0 radical (unpaired) electrons. The summed E-state index contributed by atoms with van der Waals surface area (Å²) in [6.45, 7) is 0. The first-order chi connectivity index (χ1) is 16.9. The monoisotopic (exact) mass is 495 g/mol. The Balaban J connectivity index is 1.56. The molecule has 0 N–H and O–H groups in total. The van der Waals surface area contributed by atoms with Crippen LogP contribution in [0.5, 0.6) is 17.2 Å². The van der Waals surface area contributed by atoms with Gasteiger partial charge in [0, 0.05) is 5.39 Å². The molecule has 9 heteroatoms. The number of para-hydroxylation sites is 1. The van der Waals surface area contributed by atoms with Gasteiger partial charge in [0.25, 0.3) is 0 Å². The smallest absolute Gasteiger partial charge is 0.312 e. The van der Waals surface area contributed by atoms with E-state index in [0.717, 1.165) is 19.3 Å². The molecule has 0 atom stereocenters. The third-order valence-corrected chi connectivity index (χ3v) is 8.45. The Morgan fingerprint density at radius 2 is 1.43 bits per heavy atom. The Morgan fingerprint density at radius 1 is 0.800 bits per heavy atom. The number of aromatic nitrogens is 1. The highest BCUT2D eigenvalue weighted by Crippen LogP contribution is 2.43. The minimum absolute atomic E-state index is 0.0838. The average Bonchev–Trinajstić information content (AvgIpc) is 3.14. The van der Waals surface area contributed by atoms with E-state index in [9.17, 15) is 18.0 Å². The quantitative estimate of drug-likeness (QED) is 0.364. The molecule has 3 aromatic rings. The van der Waals surface area contributed by atoms with Crippen LogP contribution in [-0.4, -0.2) is 44.4 Å². The number of Topliss-reactive ketones (excluding diaryl/α,β-unsaturated/α-hetero) is 2. The fourth-order valence-corrected chi connectivity index (χ4v) is 6.41. The highest BCUT2D eigenvalue weighted by atomic mass is 32.2. The van der Waals surface area contributed by atoms with Crippen LogP contribution in [0, 0.1) is 0 Å². The molecule has 1 fully saturated rings. The van der Waals surface area contributed by atoms with Crippen LogP contribution in [0.4, 0.5) is 0 Å². The van der Waals surface area contributed by atoms with Crippen LogP contribution in [0.1, 0.15) is 64.4 Å².